The van der Waals surface area contributed by atoms with E-state index in [4.69, 9.17) is 5.73 Å². The van der Waals surface area contributed by atoms with Crippen molar-refractivity contribution in [3.8, 4) is 0 Å². The zero-order chi connectivity index (χ0) is 19.0. The van der Waals surface area contributed by atoms with Gasteiger partial charge in [-0.2, -0.15) is 0 Å². The van der Waals surface area contributed by atoms with Gasteiger partial charge < -0.3 is 16.0 Å². The number of fused-ring (bicyclic) bond motifs is 1. The predicted octanol–water partition coefficient (Wildman–Crippen LogP) is 1.64. The lowest BCUT2D eigenvalue weighted by molar-refractivity contribution is -0.136. The molecule has 27 heavy (non-hydrogen) atoms. The molecule has 3 amide bonds. The van der Waals surface area contributed by atoms with Gasteiger partial charge in [0.2, 0.25) is 11.8 Å². The summed E-state index contributed by atoms with van der Waals surface area (Å²) < 4.78 is 0. The SMILES string of the molecule is Nc1cccc(CNc2cccc3c2CN(C2CCC(=O)NC2=O)C3=O)c1. The number of nitrogen functional groups attached to an aromatic ring is 1. The Hall–Kier alpha value is -3.35. The number of imide groups is 1. The summed E-state index contributed by atoms with van der Waals surface area (Å²) in [6.45, 7) is 0.925. The quantitative estimate of drug-likeness (QED) is 0.565. The van der Waals surface area contributed by atoms with Crippen LogP contribution in [0.2, 0.25) is 0 Å². The Morgan fingerprint density at radius 3 is 2.74 bits per heavy atom. The highest BCUT2D eigenvalue weighted by Crippen LogP contribution is 2.32. The van der Waals surface area contributed by atoms with Gasteiger partial charge in [0.1, 0.15) is 6.04 Å². The monoisotopic (exact) mass is 364 g/mol. The van der Waals surface area contributed by atoms with Crippen LogP contribution in [0.4, 0.5) is 11.4 Å². The molecule has 0 spiro atoms. The standard InChI is InChI=1S/C20H20N4O3/c21-13-4-1-3-12(9-13)10-22-16-6-2-5-14-15(16)11-24(20(14)27)17-7-8-18(25)23-19(17)26/h1-6,9,17,22H,7-8,10-11,21H2,(H,23,25,26). The minimum absolute atomic E-state index is 0.174. The summed E-state index contributed by atoms with van der Waals surface area (Å²) in [6, 6.07) is 12.5. The maximum Gasteiger partial charge on any atom is 0.255 e. The molecule has 1 unspecified atom stereocenters. The van der Waals surface area contributed by atoms with Crippen LogP contribution in [0.3, 0.4) is 0 Å². The highest BCUT2D eigenvalue weighted by atomic mass is 16.2. The molecule has 1 fully saturated rings. The van der Waals surface area contributed by atoms with Gasteiger partial charge in [-0.3, -0.25) is 19.7 Å². The molecule has 7 nitrogen and oxygen atoms in total. The Labute approximate surface area is 156 Å². The first-order valence-corrected chi connectivity index (χ1v) is 8.88. The molecule has 2 heterocycles. The van der Waals surface area contributed by atoms with Crippen LogP contribution in [0.1, 0.15) is 34.3 Å². The van der Waals surface area contributed by atoms with Crippen LogP contribution in [0.5, 0.6) is 0 Å². The third-order valence-electron chi connectivity index (χ3n) is 5.02. The minimum Gasteiger partial charge on any atom is -0.399 e. The molecule has 0 radical (unpaired) electrons. The van der Waals surface area contributed by atoms with Gasteiger partial charge in [0, 0.05) is 42.0 Å². The normalized spacial score (nSPS) is 19.0. The van der Waals surface area contributed by atoms with E-state index in [9.17, 15) is 14.4 Å². The zero-order valence-electron chi connectivity index (χ0n) is 14.7. The summed E-state index contributed by atoms with van der Waals surface area (Å²) in [5.74, 6) is -0.862. The van der Waals surface area contributed by atoms with E-state index in [1.807, 2.05) is 36.4 Å². The highest BCUT2D eigenvalue weighted by molar-refractivity contribution is 6.06. The second-order valence-corrected chi connectivity index (χ2v) is 6.83. The van der Waals surface area contributed by atoms with Crippen molar-refractivity contribution in [3.05, 3.63) is 59.2 Å². The van der Waals surface area contributed by atoms with E-state index in [-0.39, 0.29) is 18.2 Å². The molecular formula is C20H20N4O3. The summed E-state index contributed by atoms with van der Waals surface area (Å²) in [4.78, 5) is 37.9. The lowest BCUT2D eigenvalue weighted by Crippen LogP contribution is -2.52. The Kier molecular flexibility index (Phi) is 4.27. The first-order chi connectivity index (χ1) is 13.0. The fourth-order valence-corrected chi connectivity index (χ4v) is 3.65. The van der Waals surface area contributed by atoms with Gasteiger partial charge >= 0.3 is 0 Å². The van der Waals surface area contributed by atoms with Gasteiger partial charge in [0.05, 0.1) is 0 Å². The highest BCUT2D eigenvalue weighted by Gasteiger charge is 2.39. The lowest BCUT2D eigenvalue weighted by Gasteiger charge is -2.29. The van der Waals surface area contributed by atoms with E-state index in [1.165, 1.54) is 0 Å². The maximum absolute atomic E-state index is 12.8. The Bertz CT molecular complexity index is 941. The number of nitrogens with zero attached hydrogens (tertiary/aromatic N) is 1. The first-order valence-electron chi connectivity index (χ1n) is 8.88. The zero-order valence-corrected chi connectivity index (χ0v) is 14.7. The summed E-state index contributed by atoms with van der Waals surface area (Å²) in [6.07, 6.45) is 0.605. The molecule has 0 aromatic heterocycles. The van der Waals surface area contributed by atoms with Gasteiger partial charge in [0.25, 0.3) is 5.91 Å². The molecule has 1 atom stereocenters. The molecule has 138 valence electrons. The van der Waals surface area contributed by atoms with Crippen molar-refractivity contribution >= 4 is 29.1 Å². The molecule has 2 aliphatic rings. The van der Waals surface area contributed by atoms with Gasteiger partial charge in [0.15, 0.2) is 0 Å². The number of carbonyl (C=O) groups is 3. The van der Waals surface area contributed by atoms with E-state index < -0.39 is 11.9 Å². The molecule has 2 aromatic carbocycles. The Morgan fingerprint density at radius 2 is 1.96 bits per heavy atom. The summed E-state index contributed by atoms with van der Waals surface area (Å²) in [5, 5.41) is 5.68. The smallest absolute Gasteiger partial charge is 0.255 e. The van der Waals surface area contributed by atoms with Crippen molar-refractivity contribution in [3.63, 3.8) is 0 Å². The van der Waals surface area contributed by atoms with Gasteiger partial charge in [-0.1, -0.05) is 18.2 Å². The molecule has 0 bridgehead atoms. The van der Waals surface area contributed by atoms with Gasteiger partial charge in [-0.05, 0) is 36.2 Å². The number of carbonyl (C=O) groups excluding carboxylic acids is 3. The minimum atomic E-state index is -0.607. The average Bonchev–Trinajstić information content (AvgIpc) is 2.97. The van der Waals surface area contributed by atoms with Crippen LogP contribution in [0, 0.1) is 0 Å². The fraction of sp³-hybridized carbons (Fsp3) is 0.250. The third-order valence-corrected chi connectivity index (χ3v) is 5.02. The molecular weight excluding hydrogens is 344 g/mol. The van der Waals surface area contributed by atoms with Crippen molar-refractivity contribution in [1.29, 1.82) is 0 Å². The van der Waals surface area contributed by atoms with Crippen LogP contribution < -0.4 is 16.4 Å². The third kappa shape index (κ3) is 3.23. The van der Waals surface area contributed by atoms with Gasteiger partial charge in [-0.15, -0.1) is 0 Å². The van der Waals surface area contributed by atoms with Crippen LogP contribution in [-0.2, 0) is 22.7 Å². The van der Waals surface area contributed by atoms with Gasteiger partial charge in [-0.25, -0.2) is 0 Å². The van der Waals surface area contributed by atoms with E-state index in [2.05, 4.69) is 10.6 Å². The summed E-state index contributed by atoms with van der Waals surface area (Å²) >= 11 is 0. The fourth-order valence-electron chi connectivity index (χ4n) is 3.65. The second kappa shape index (κ2) is 6.75. The first kappa shape index (κ1) is 17.1. The number of rotatable bonds is 4. The van der Waals surface area contributed by atoms with Crippen molar-refractivity contribution in [2.24, 2.45) is 0 Å². The maximum atomic E-state index is 12.8. The largest absolute Gasteiger partial charge is 0.399 e. The molecule has 4 rings (SSSR count). The van der Waals surface area contributed by atoms with Crippen LogP contribution in [-0.4, -0.2) is 28.7 Å². The Balaban J connectivity index is 1.54. The number of nitrogens with two attached hydrogens (primary N) is 1. The number of amides is 3. The second-order valence-electron chi connectivity index (χ2n) is 6.83. The van der Waals surface area contributed by atoms with Crippen LogP contribution in [0.25, 0.3) is 0 Å². The number of piperidine rings is 1. The molecule has 7 heteroatoms. The van der Waals surface area contributed by atoms with E-state index in [1.54, 1.807) is 11.0 Å². The number of hydrogen-bond acceptors (Lipinski definition) is 5. The average molecular weight is 364 g/mol. The van der Waals surface area contributed by atoms with E-state index >= 15 is 0 Å². The predicted molar refractivity (Wildman–Crippen MR) is 101 cm³/mol. The molecule has 2 aromatic rings. The summed E-state index contributed by atoms with van der Waals surface area (Å²) in [5.41, 5.74) is 9.89. The molecule has 4 N–H and O–H groups in total. The van der Waals surface area contributed by atoms with Crippen LogP contribution in [0.15, 0.2) is 42.5 Å². The van der Waals surface area contributed by atoms with E-state index in [0.717, 1.165) is 16.8 Å². The van der Waals surface area contributed by atoms with Crippen LogP contribution >= 0.6 is 0 Å². The molecule has 0 aliphatic carbocycles. The number of hydrogen-bond donors (Lipinski definition) is 3. The topological polar surface area (TPSA) is 105 Å². The van der Waals surface area contributed by atoms with Crippen molar-refractivity contribution < 1.29 is 14.4 Å². The van der Waals surface area contributed by atoms with Crippen molar-refractivity contribution in [2.45, 2.75) is 32.0 Å². The van der Waals surface area contributed by atoms with Crippen molar-refractivity contribution in [2.75, 3.05) is 11.1 Å². The van der Waals surface area contributed by atoms with Crippen molar-refractivity contribution in [1.82, 2.24) is 10.2 Å². The molecule has 2 aliphatic heterocycles. The Morgan fingerprint density at radius 1 is 1.15 bits per heavy atom. The summed E-state index contributed by atoms with van der Waals surface area (Å²) in [7, 11) is 0. The molecule has 1 saturated heterocycles. The number of anilines is 2. The van der Waals surface area contributed by atoms with E-state index in [0.29, 0.717) is 30.8 Å². The molecule has 0 saturated carbocycles. The number of benzene rings is 2. The number of nitrogens with one attached hydrogen (secondary N) is 2. The lowest BCUT2D eigenvalue weighted by atomic mass is 10.0.